The van der Waals surface area contributed by atoms with Gasteiger partial charge in [-0.15, -0.1) is 0 Å². The van der Waals surface area contributed by atoms with Crippen LogP contribution in [0.25, 0.3) is 11.3 Å². The van der Waals surface area contributed by atoms with Crippen molar-refractivity contribution < 1.29 is 0 Å². The molecule has 4 nitrogen and oxygen atoms in total. The van der Waals surface area contributed by atoms with Crippen LogP contribution in [-0.4, -0.2) is 16.3 Å². The second-order valence-electron chi connectivity index (χ2n) is 4.12. The second kappa shape index (κ2) is 5.60. The van der Waals surface area contributed by atoms with Gasteiger partial charge in [0.25, 0.3) is 5.56 Å². The summed E-state index contributed by atoms with van der Waals surface area (Å²) in [7, 11) is 0. The highest BCUT2D eigenvalue weighted by molar-refractivity contribution is 5.58. The maximum absolute atomic E-state index is 11.5. The quantitative estimate of drug-likeness (QED) is 0.883. The van der Waals surface area contributed by atoms with Crippen molar-refractivity contribution in [3.05, 3.63) is 52.3 Å². The zero-order valence-corrected chi connectivity index (χ0v) is 10.5. The Bertz CT molecular complexity index is 572. The van der Waals surface area contributed by atoms with E-state index in [0.717, 1.165) is 17.7 Å². The number of nitrogens with two attached hydrogens (primary N) is 1. The van der Waals surface area contributed by atoms with Gasteiger partial charge in [0.1, 0.15) is 0 Å². The molecule has 4 heteroatoms. The molecule has 0 aliphatic rings. The van der Waals surface area contributed by atoms with Gasteiger partial charge in [-0.1, -0.05) is 31.2 Å². The largest absolute Gasteiger partial charge is 0.329 e. The van der Waals surface area contributed by atoms with Gasteiger partial charge < -0.3 is 5.73 Å². The smallest absolute Gasteiger partial charge is 0.266 e. The first-order valence-corrected chi connectivity index (χ1v) is 6.12. The first kappa shape index (κ1) is 12.5. The SMILES string of the molecule is CCc1ccc(-c2ccc(=O)n(CCN)n2)cc1. The minimum atomic E-state index is -0.116. The predicted molar refractivity (Wildman–Crippen MR) is 72.4 cm³/mol. The summed E-state index contributed by atoms with van der Waals surface area (Å²) in [6.07, 6.45) is 1.01. The maximum Gasteiger partial charge on any atom is 0.266 e. The molecule has 2 rings (SSSR count). The minimum Gasteiger partial charge on any atom is -0.329 e. The zero-order valence-electron chi connectivity index (χ0n) is 10.5. The average molecular weight is 243 g/mol. The van der Waals surface area contributed by atoms with E-state index < -0.39 is 0 Å². The normalized spacial score (nSPS) is 10.6. The monoisotopic (exact) mass is 243 g/mol. The first-order valence-electron chi connectivity index (χ1n) is 6.12. The summed E-state index contributed by atoms with van der Waals surface area (Å²) in [5, 5.41) is 4.31. The van der Waals surface area contributed by atoms with Crippen LogP contribution < -0.4 is 11.3 Å². The van der Waals surface area contributed by atoms with E-state index in [4.69, 9.17) is 5.73 Å². The number of nitrogens with zero attached hydrogens (tertiary/aromatic N) is 2. The molecule has 1 aromatic heterocycles. The predicted octanol–water partition coefficient (Wildman–Crippen LogP) is 1.43. The fraction of sp³-hybridized carbons (Fsp3) is 0.286. The summed E-state index contributed by atoms with van der Waals surface area (Å²) >= 11 is 0. The van der Waals surface area contributed by atoms with Crippen LogP contribution in [0.2, 0.25) is 0 Å². The van der Waals surface area contributed by atoms with Crippen molar-refractivity contribution in [2.24, 2.45) is 5.73 Å². The Morgan fingerprint density at radius 2 is 1.89 bits per heavy atom. The van der Waals surface area contributed by atoms with E-state index in [9.17, 15) is 4.79 Å². The standard InChI is InChI=1S/C14H17N3O/c1-2-11-3-5-12(6-4-11)13-7-8-14(18)17(16-13)10-9-15/h3-8H,2,9-10,15H2,1H3. The zero-order chi connectivity index (χ0) is 13.0. The number of hydrogen-bond donors (Lipinski definition) is 1. The van der Waals surface area contributed by atoms with Crippen molar-refractivity contribution in [2.45, 2.75) is 19.9 Å². The molecule has 94 valence electrons. The van der Waals surface area contributed by atoms with Gasteiger partial charge in [0.2, 0.25) is 0 Å². The Hall–Kier alpha value is -1.94. The highest BCUT2D eigenvalue weighted by Crippen LogP contribution is 2.16. The van der Waals surface area contributed by atoms with Gasteiger partial charge in [-0.25, -0.2) is 4.68 Å². The van der Waals surface area contributed by atoms with Crippen LogP contribution >= 0.6 is 0 Å². The Kier molecular flexibility index (Phi) is 3.89. The molecule has 1 heterocycles. The van der Waals surface area contributed by atoms with Crippen LogP contribution in [0.4, 0.5) is 0 Å². The topological polar surface area (TPSA) is 60.9 Å². The van der Waals surface area contributed by atoms with Crippen molar-refractivity contribution >= 4 is 0 Å². The Morgan fingerprint density at radius 3 is 2.50 bits per heavy atom. The van der Waals surface area contributed by atoms with Crippen LogP contribution in [-0.2, 0) is 13.0 Å². The molecular formula is C14H17N3O. The van der Waals surface area contributed by atoms with Crippen molar-refractivity contribution in [1.29, 1.82) is 0 Å². The lowest BCUT2D eigenvalue weighted by atomic mass is 10.1. The molecule has 0 radical (unpaired) electrons. The van der Waals surface area contributed by atoms with E-state index >= 15 is 0 Å². The molecular weight excluding hydrogens is 226 g/mol. The summed E-state index contributed by atoms with van der Waals surface area (Å²) in [4.78, 5) is 11.5. The van der Waals surface area contributed by atoms with Crippen molar-refractivity contribution in [3.63, 3.8) is 0 Å². The molecule has 2 aromatic rings. The van der Waals surface area contributed by atoms with Gasteiger partial charge in [-0.2, -0.15) is 5.10 Å². The lowest BCUT2D eigenvalue weighted by Gasteiger charge is -2.06. The fourth-order valence-corrected chi connectivity index (χ4v) is 1.80. The number of benzene rings is 1. The number of aryl methyl sites for hydroxylation is 1. The Labute approximate surface area is 106 Å². The van der Waals surface area contributed by atoms with Crippen molar-refractivity contribution in [1.82, 2.24) is 9.78 Å². The van der Waals surface area contributed by atoms with E-state index in [-0.39, 0.29) is 5.56 Å². The third-order valence-electron chi connectivity index (χ3n) is 2.87. The van der Waals surface area contributed by atoms with Gasteiger partial charge in [-0.05, 0) is 18.1 Å². The van der Waals surface area contributed by atoms with E-state index in [1.807, 2.05) is 12.1 Å². The molecule has 0 atom stereocenters. The van der Waals surface area contributed by atoms with Crippen LogP contribution in [0, 0.1) is 0 Å². The molecule has 0 saturated carbocycles. The van der Waals surface area contributed by atoms with Gasteiger partial charge >= 0.3 is 0 Å². The van der Waals surface area contributed by atoms with E-state index in [1.54, 1.807) is 6.07 Å². The summed E-state index contributed by atoms with van der Waals surface area (Å²) in [5.74, 6) is 0. The third kappa shape index (κ3) is 2.65. The second-order valence-corrected chi connectivity index (χ2v) is 4.12. The van der Waals surface area contributed by atoms with Gasteiger partial charge in [-0.3, -0.25) is 4.79 Å². The summed E-state index contributed by atoms with van der Waals surface area (Å²) in [6.45, 7) is 2.97. The number of hydrogen-bond acceptors (Lipinski definition) is 3. The molecule has 0 aliphatic heterocycles. The lowest BCUT2D eigenvalue weighted by Crippen LogP contribution is -2.25. The summed E-state index contributed by atoms with van der Waals surface area (Å²) < 4.78 is 1.41. The molecule has 1 aromatic carbocycles. The molecule has 0 saturated heterocycles. The van der Waals surface area contributed by atoms with Gasteiger partial charge in [0.15, 0.2) is 0 Å². The molecule has 0 spiro atoms. The number of aromatic nitrogens is 2. The molecule has 0 bridgehead atoms. The molecule has 0 unspecified atom stereocenters. The van der Waals surface area contributed by atoms with Crippen LogP contribution in [0.1, 0.15) is 12.5 Å². The van der Waals surface area contributed by atoms with Crippen molar-refractivity contribution in [2.75, 3.05) is 6.54 Å². The minimum absolute atomic E-state index is 0.116. The Balaban J connectivity index is 2.37. The molecule has 2 N–H and O–H groups in total. The Morgan fingerprint density at radius 1 is 1.17 bits per heavy atom. The molecule has 0 aliphatic carbocycles. The highest BCUT2D eigenvalue weighted by Gasteiger charge is 2.02. The van der Waals surface area contributed by atoms with Gasteiger partial charge in [0.05, 0.1) is 12.2 Å². The molecule has 18 heavy (non-hydrogen) atoms. The fourth-order valence-electron chi connectivity index (χ4n) is 1.80. The molecule has 0 amide bonds. The van der Waals surface area contributed by atoms with Gasteiger partial charge in [0, 0.05) is 18.2 Å². The van der Waals surface area contributed by atoms with E-state index in [0.29, 0.717) is 13.1 Å². The van der Waals surface area contributed by atoms with Crippen molar-refractivity contribution in [3.8, 4) is 11.3 Å². The lowest BCUT2D eigenvalue weighted by molar-refractivity contribution is 0.590. The van der Waals surface area contributed by atoms with Crippen LogP contribution in [0.5, 0.6) is 0 Å². The van der Waals surface area contributed by atoms with Crippen LogP contribution in [0.15, 0.2) is 41.2 Å². The van der Waals surface area contributed by atoms with Crippen LogP contribution in [0.3, 0.4) is 0 Å². The third-order valence-corrected chi connectivity index (χ3v) is 2.87. The highest BCUT2D eigenvalue weighted by atomic mass is 16.1. The maximum atomic E-state index is 11.5. The summed E-state index contributed by atoms with van der Waals surface area (Å²) in [6, 6.07) is 11.5. The number of rotatable bonds is 4. The van der Waals surface area contributed by atoms with E-state index in [1.165, 1.54) is 16.3 Å². The first-order chi connectivity index (χ1) is 8.74. The average Bonchev–Trinajstić information content (AvgIpc) is 2.42. The molecule has 0 fully saturated rings. The summed E-state index contributed by atoms with van der Waals surface area (Å²) in [5.41, 5.74) is 8.44. The van der Waals surface area contributed by atoms with E-state index in [2.05, 4.69) is 24.2 Å².